The Morgan fingerprint density at radius 2 is 2.11 bits per heavy atom. The molecule has 2 N–H and O–H groups in total. The van der Waals surface area contributed by atoms with Crippen molar-refractivity contribution < 1.29 is 10.0 Å². The number of aliphatic hydroxyl groups is 1. The fourth-order valence-corrected chi connectivity index (χ4v) is 1.74. The van der Waals surface area contributed by atoms with Crippen molar-refractivity contribution in [2.75, 3.05) is 11.9 Å². The van der Waals surface area contributed by atoms with Crippen LogP contribution < -0.4 is 5.32 Å². The second-order valence-electron chi connectivity index (χ2n) is 4.47. The zero-order valence-corrected chi connectivity index (χ0v) is 11.4. The smallest absolute Gasteiger partial charge is 0.273 e. The number of hydrogen-bond donors (Lipinski definition) is 2. The van der Waals surface area contributed by atoms with Crippen LogP contribution in [-0.4, -0.2) is 22.7 Å². The molecule has 0 aliphatic carbocycles. The molecule has 5 nitrogen and oxygen atoms in total. The molecule has 0 fully saturated rings. The highest BCUT2D eigenvalue weighted by molar-refractivity contribution is 6.33. The van der Waals surface area contributed by atoms with E-state index in [1.807, 2.05) is 13.8 Å². The molecule has 0 amide bonds. The molecule has 1 aromatic carbocycles. The van der Waals surface area contributed by atoms with Crippen LogP contribution >= 0.6 is 11.6 Å². The number of hydrogen-bond acceptors (Lipinski definition) is 4. The molecule has 0 aromatic heterocycles. The van der Waals surface area contributed by atoms with Gasteiger partial charge < -0.3 is 10.4 Å². The van der Waals surface area contributed by atoms with Gasteiger partial charge in [-0.1, -0.05) is 18.5 Å². The molecule has 2 atom stereocenters. The Morgan fingerprint density at radius 3 is 2.61 bits per heavy atom. The maximum Gasteiger partial charge on any atom is 0.273 e. The highest BCUT2D eigenvalue weighted by atomic mass is 35.5. The molecule has 1 aromatic rings. The van der Waals surface area contributed by atoms with Crippen molar-refractivity contribution in [1.82, 2.24) is 0 Å². The van der Waals surface area contributed by atoms with Crippen molar-refractivity contribution in [3.8, 4) is 0 Å². The Balaban J connectivity index is 2.98. The highest BCUT2D eigenvalue weighted by Crippen LogP contribution is 2.31. The molecule has 1 rings (SSSR count). The van der Waals surface area contributed by atoms with Crippen LogP contribution in [0.4, 0.5) is 11.4 Å². The summed E-state index contributed by atoms with van der Waals surface area (Å²) in [6.45, 7) is 5.56. The van der Waals surface area contributed by atoms with Gasteiger partial charge in [-0.25, -0.2) is 0 Å². The van der Waals surface area contributed by atoms with E-state index in [0.717, 1.165) is 0 Å². The average molecular weight is 273 g/mol. The molecule has 6 heteroatoms. The Bertz CT molecular complexity index is 451. The molecular formula is C12H17ClN2O3. The van der Waals surface area contributed by atoms with Crippen molar-refractivity contribution in [3.63, 3.8) is 0 Å². The van der Waals surface area contributed by atoms with Crippen molar-refractivity contribution >= 4 is 23.0 Å². The molecule has 0 radical (unpaired) electrons. The van der Waals surface area contributed by atoms with Gasteiger partial charge in [0.2, 0.25) is 0 Å². The SMILES string of the molecule is Cc1cc(NC(C)C(C)CO)c(Cl)cc1[N+](=O)[O-]. The number of nitro benzene ring substituents is 1. The van der Waals surface area contributed by atoms with E-state index in [-0.39, 0.29) is 24.3 Å². The fraction of sp³-hybridized carbons (Fsp3) is 0.500. The van der Waals surface area contributed by atoms with E-state index in [1.54, 1.807) is 13.0 Å². The minimum Gasteiger partial charge on any atom is -0.396 e. The number of aliphatic hydroxyl groups excluding tert-OH is 1. The lowest BCUT2D eigenvalue weighted by Gasteiger charge is -2.21. The van der Waals surface area contributed by atoms with Crippen molar-refractivity contribution in [2.24, 2.45) is 5.92 Å². The highest BCUT2D eigenvalue weighted by Gasteiger charge is 2.17. The molecular weight excluding hydrogens is 256 g/mol. The van der Waals surface area contributed by atoms with E-state index < -0.39 is 4.92 Å². The van der Waals surface area contributed by atoms with Gasteiger partial charge in [0.25, 0.3) is 5.69 Å². The van der Waals surface area contributed by atoms with Gasteiger partial charge in [0.05, 0.1) is 15.6 Å². The van der Waals surface area contributed by atoms with E-state index in [9.17, 15) is 10.1 Å². The van der Waals surface area contributed by atoms with Gasteiger partial charge in [0, 0.05) is 24.3 Å². The van der Waals surface area contributed by atoms with E-state index >= 15 is 0 Å². The summed E-state index contributed by atoms with van der Waals surface area (Å²) in [4.78, 5) is 10.3. The topological polar surface area (TPSA) is 75.4 Å². The third-order valence-electron chi connectivity index (χ3n) is 3.01. The van der Waals surface area contributed by atoms with Gasteiger partial charge in [-0.15, -0.1) is 0 Å². The third-order valence-corrected chi connectivity index (χ3v) is 3.32. The molecule has 0 bridgehead atoms. The van der Waals surface area contributed by atoms with Gasteiger partial charge in [0.15, 0.2) is 0 Å². The summed E-state index contributed by atoms with van der Waals surface area (Å²) in [7, 11) is 0. The summed E-state index contributed by atoms with van der Waals surface area (Å²) in [5.74, 6) is 0.0663. The predicted octanol–water partition coefficient (Wildman–Crippen LogP) is 2.99. The van der Waals surface area contributed by atoms with E-state index in [4.69, 9.17) is 16.7 Å². The monoisotopic (exact) mass is 272 g/mol. The number of nitro groups is 1. The number of anilines is 1. The molecule has 0 spiro atoms. The standard InChI is InChI=1S/C12H17ClN2O3/c1-7-4-11(14-9(3)8(2)6-16)10(13)5-12(7)15(17)18/h4-5,8-9,14,16H,6H2,1-3H3. The fourth-order valence-electron chi connectivity index (χ4n) is 1.52. The van der Waals surface area contributed by atoms with Crippen molar-refractivity contribution in [3.05, 3.63) is 32.8 Å². The summed E-state index contributed by atoms with van der Waals surface area (Å²) in [6.07, 6.45) is 0. The Hall–Kier alpha value is -1.33. The summed E-state index contributed by atoms with van der Waals surface area (Å²) in [5, 5.41) is 23.3. The van der Waals surface area contributed by atoms with Crippen LogP contribution in [0, 0.1) is 23.0 Å². The zero-order chi connectivity index (χ0) is 13.9. The molecule has 2 unspecified atom stereocenters. The van der Waals surface area contributed by atoms with E-state index in [2.05, 4.69) is 5.32 Å². The Morgan fingerprint density at radius 1 is 1.50 bits per heavy atom. The van der Waals surface area contributed by atoms with Gasteiger partial charge in [-0.2, -0.15) is 0 Å². The normalized spacial score (nSPS) is 14.1. The lowest BCUT2D eigenvalue weighted by Crippen LogP contribution is -2.26. The lowest BCUT2D eigenvalue weighted by molar-refractivity contribution is -0.385. The number of nitrogens with zero attached hydrogens (tertiary/aromatic N) is 1. The number of rotatable bonds is 5. The largest absolute Gasteiger partial charge is 0.396 e. The lowest BCUT2D eigenvalue weighted by atomic mass is 10.0. The van der Waals surface area contributed by atoms with Crippen LogP contribution in [0.3, 0.4) is 0 Å². The molecule has 0 heterocycles. The third kappa shape index (κ3) is 3.34. The molecule has 0 saturated carbocycles. The van der Waals surface area contributed by atoms with E-state index in [0.29, 0.717) is 16.3 Å². The van der Waals surface area contributed by atoms with Gasteiger partial charge in [0.1, 0.15) is 0 Å². The second-order valence-corrected chi connectivity index (χ2v) is 4.88. The predicted molar refractivity (Wildman–Crippen MR) is 72.2 cm³/mol. The number of benzene rings is 1. The van der Waals surface area contributed by atoms with Crippen LogP contribution in [0.15, 0.2) is 12.1 Å². The Kier molecular flexibility index (Phi) is 4.93. The average Bonchev–Trinajstić information content (AvgIpc) is 2.31. The molecule has 0 aliphatic rings. The van der Waals surface area contributed by atoms with Gasteiger partial charge >= 0.3 is 0 Å². The first-order chi connectivity index (χ1) is 8.36. The van der Waals surface area contributed by atoms with Crippen LogP contribution in [-0.2, 0) is 0 Å². The summed E-state index contributed by atoms with van der Waals surface area (Å²) in [6, 6.07) is 3.02. The first kappa shape index (κ1) is 14.7. The summed E-state index contributed by atoms with van der Waals surface area (Å²) >= 11 is 6.01. The van der Waals surface area contributed by atoms with Gasteiger partial charge in [-0.05, 0) is 25.8 Å². The van der Waals surface area contributed by atoms with Crippen LogP contribution in [0.25, 0.3) is 0 Å². The maximum absolute atomic E-state index is 10.8. The minimum absolute atomic E-state index is 0.00779. The van der Waals surface area contributed by atoms with Crippen LogP contribution in [0.5, 0.6) is 0 Å². The first-order valence-corrected chi connectivity index (χ1v) is 6.06. The zero-order valence-electron chi connectivity index (χ0n) is 10.6. The summed E-state index contributed by atoms with van der Waals surface area (Å²) in [5.41, 5.74) is 1.21. The Labute approximate surface area is 111 Å². The maximum atomic E-state index is 10.8. The van der Waals surface area contributed by atoms with Crippen molar-refractivity contribution in [2.45, 2.75) is 26.8 Å². The van der Waals surface area contributed by atoms with Gasteiger partial charge in [-0.3, -0.25) is 10.1 Å². The van der Waals surface area contributed by atoms with Crippen molar-refractivity contribution in [1.29, 1.82) is 0 Å². The number of halogens is 1. The molecule has 0 saturated heterocycles. The quantitative estimate of drug-likeness (QED) is 0.638. The van der Waals surface area contributed by atoms with Crippen LogP contribution in [0.2, 0.25) is 5.02 Å². The first-order valence-electron chi connectivity index (χ1n) is 5.68. The molecule has 100 valence electrons. The minimum atomic E-state index is -0.454. The number of nitrogens with one attached hydrogen (secondary N) is 1. The molecule has 0 aliphatic heterocycles. The van der Waals surface area contributed by atoms with E-state index in [1.165, 1.54) is 6.07 Å². The summed E-state index contributed by atoms with van der Waals surface area (Å²) < 4.78 is 0. The molecule has 18 heavy (non-hydrogen) atoms. The second kappa shape index (κ2) is 6.02. The number of aryl methyl sites for hydroxylation is 1. The van der Waals surface area contributed by atoms with Crippen LogP contribution in [0.1, 0.15) is 19.4 Å².